The van der Waals surface area contributed by atoms with E-state index in [0.29, 0.717) is 22.7 Å². The van der Waals surface area contributed by atoms with Gasteiger partial charge < -0.3 is 11.1 Å². The monoisotopic (exact) mass is 343 g/mol. The van der Waals surface area contributed by atoms with E-state index in [0.717, 1.165) is 17.0 Å². The third-order valence-electron chi connectivity index (χ3n) is 4.13. The Balaban J connectivity index is 1.76. The van der Waals surface area contributed by atoms with Crippen molar-refractivity contribution in [3.63, 3.8) is 0 Å². The van der Waals surface area contributed by atoms with Crippen LogP contribution in [0.4, 0.5) is 11.5 Å². The molecule has 3 N–H and O–H groups in total. The molecule has 0 bridgehead atoms. The molecule has 0 unspecified atom stereocenters. The Bertz CT molecular complexity index is 1100. The number of carbonyl (C=O) groups excluding carboxylic acids is 1. The molecule has 4 rings (SSSR count). The third-order valence-corrected chi connectivity index (χ3v) is 4.13. The number of fused-ring (bicyclic) bond motifs is 1. The molecule has 26 heavy (non-hydrogen) atoms. The summed E-state index contributed by atoms with van der Waals surface area (Å²) in [5.41, 5.74) is 10.2. The number of nitrogen functional groups attached to an aromatic ring is 1. The lowest BCUT2D eigenvalue weighted by atomic mass is 10.1. The first-order valence-electron chi connectivity index (χ1n) is 8.19. The number of rotatable bonds is 3. The van der Waals surface area contributed by atoms with Crippen LogP contribution in [-0.2, 0) is 0 Å². The fraction of sp³-hybridized carbons (Fsp3) is 0.0500. The Hall–Kier alpha value is -3.67. The quantitative estimate of drug-likeness (QED) is 0.557. The Morgan fingerprint density at radius 1 is 1.12 bits per heavy atom. The Morgan fingerprint density at radius 2 is 1.92 bits per heavy atom. The van der Waals surface area contributed by atoms with E-state index < -0.39 is 0 Å². The zero-order chi connectivity index (χ0) is 18.1. The summed E-state index contributed by atoms with van der Waals surface area (Å²) in [5.74, 6) is 0.444. The van der Waals surface area contributed by atoms with Crippen molar-refractivity contribution in [3.05, 3.63) is 78.2 Å². The molecule has 2 heterocycles. The van der Waals surface area contributed by atoms with Crippen molar-refractivity contribution in [2.45, 2.75) is 6.92 Å². The van der Waals surface area contributed by atoms with Gasteiger partial charge in [-0.05, 0) is 31.2 Å². The number of hydrogen-bond donors (Lipinski definition) is 2. The van der Waals surface area contributed by atoms with Crippen LogP contribution < -0.4 is 11.1 Å². The highest BCUT2D eigenvalue weighted by Gasteiger charge is 2.14. The number of nitrogens with one attached hydrogen (secondary N) is 1. The lowest BCUT2D eigenvalue weighted by molar-refractivity contribution is 0.102. The molecule has 2 aromatic heterocycles. The van der Waals surface area contributed by atoms with E-state index in [9.17, 15) is 4.79 Å². The number of amides is 1. The highest BCUT2D eigenvalue weighted by molar-refractivity contribution is 6.04. The minimum atomic E-state index is -0.183. The second-order valence-electron chi connectivity index (χ2n) is 5.99. The summed E-state index contributed by atoms with van der Waals surface area (Å²) in [4.78, 5) is 21.5. The molecule has 6 nitrogen and oxygen atoms in total. The van der Waals surface area contributed by atoms with Crippen LogP contribution in [0.3, 0.4) is 0 Å². The van der Waals surface area contributed by atoms with Crippen LogP contribution in [-0.4, -0.2) is 20.3 Å². The summed E-state index contributed by atoms with van der Waals surface area (Å²) >= 11 is 0. The second-order valence-corrected chi connectivity index (χ2v) is 5.99. The number of nitrogens with two attached hydrogens (primary N) is 1. The first-order valence-corrected chi connectivity index (χ1v) is 8.19. The van der Waals surface area contributed by atoms with Gasteiger partial charge in [0, 0.05) is 23.0 Å². The number of hydrogen-bond acceptors (Lipinski definition) is 4. The van der Waals surface area contributed by atoms with Crippen molar-refractivity contribution in [2.75, 3.05) is 11.1 Å². The van der Waals surface area contributed by atoms with Gasteiger partial charge in [0.1, 0.15) is 5.82 Å². The van der Waals surface area contributed by atoms with Crippen LogP contribution in [0.1, 0.15) is 16.1 Å². The second kappa shape index (κ2) is 6.33. The van der Waals surface area contributed by atoms with E-state index in [1.54, 1.807) is 18.3 Å². The molecule has 0 saturated heterocycles. The van der Waals surface area contributed by atoms with Gasteiger partial charge in [-0.1, -0.05) is 30.3 Å². The SMILES string of the molecule is Cc1nc2cnc(-c3cccc(N)c3)cn2c1NC(=O)c1ccccc1. The predicted octanol–water partition coefficient (Wildman–Crippen LogP) is 3.54. The molecule has 0 aliphatic heterocycles. The maximum absolute atomic E-state index is 12.5. The minimum absolute atomic E-state index is 0.183. The van der Waals surface area contributed by atoms with E-state index in [4.69, 9.17) is 5.73 Å². The fourth-order valence-electron chi connectivity index (χ4n) is 2.84. The molecular formula is C20H17N5O. The molecule has 0 fully saturated rings. The van der Waals surface area contributed by atoms with Crippen LogP contribution in [0.2, 0.25) is 0 Å². The number of benzene rings is 2. The van der Waals surface area contributed by atoms with Gasteiger partial charge in [0.2, 0.25) is 0 Å². The van der Waals surface area contributed by atoms with Crippen molar-refractivity contribution < 1.29 is 4.79 Å². The normalized spacial score (nSPS) is 10.8. The average Bonchev–Trinajstić information content (AvgIpc) is 2.97. The van der Waals surface area contributed by atoms with Gasteiger partial charge in [0.05, 0.1) is 17.6 Å². The average molecular weight is 343 g/mol. The molecule has 6 heteroatoms. The van der Waals surface area contributed by atoms with E-state index in [1.165, 1.54) is 0 Å². The van der Waals surface area contributed by atoms with Gasteiger partial charge in [-0.2, -0.15) is 0 Å². The third kappa shape index (κ3) is 2.88. The molecule has 0 atom stereocenters. The zero-order valence-electron chi connectivity index (χ0n) is 14.2. The molecule has 0 saturated carbocycles. The molecule has 0 aliphatic rings. The van der Waals surface area contributed by atoms with Crippen molar-refractivity contribution in [1.82, 2.24) is 14.4 Å². The molecule has 128 valence electrons. The fourth-order valence-corrected chi connectivity index (χ4v) is 2.84. The Morgan fingerprint density at radius 3 is 2.69 bits per heavy atom. The highest BCUT2D eigenvalue weighted by Crippen LogP contribution is 2.23. The van der Waals surface area contributed by atoms with Crippen molar-refractivity contribution >= 4 is 23.1 Å². The largest absolute Gasteiger partial charge is 0.399 e. The van der Waals surface area contributed by atoms with E-state index >= 15 is 0 Å². The van der Waals surface area contributed by atoms with Gasteiger partial charge in [0.25, 0.3) is 5.91 Å². The Kier molecular flexibility index (Phi) is 3.85. The molecular weight excluding hydrogens is 326 g/mol. The summed E-state index contributed by atoms with van der Waals surface area (Å²) in [6.45, 7) is 1.85. The lowest BCUT2D eigenvalue weighted by Gasteiger charge is -2.08. The lowest BCUT2D eigenvalue weighted by Crippen LogP contribution is -2.14. The molecule has 4 aromatic rings. The topological polar surface area (TPSA) is 85.3 Å². The zero-order valence-corrected chi connectivity index (χ0v) is 14.2. The van der Waals surface area contributed by atoms with Gasteiger partial charge in [-0.15, -0.1) is 0 Å². The summed E-state index contributed by atoms with van der Waals surface area (Å²) < 4.78 is 1.84. The number of aromatic nitrogens is 3. The van der Waals surface area contributed by atoms with Crippen LogP contribution in [0, 0.1) is 6.92 Å². The minimum Gasteiger partial charge on any atom is -0.399 e. The first-order chi connectivity index (χ1) is 12.6. The van der Waals surface area contributed by atoms with Crippen LogP contribution in [0.25, 0.3) is 16.9 Å². The summed E-state index contributed by atoms with van der Waals surface area (Å²) in [6.07, 6.45) is 3.54. The molecule has 2 aromatic carbocycles. The summed E-state index contributed by atoms with van der Waals surface area (Å²) in [7, 11) is 0. The Labute approximate surface area is 150 Å². The predicted molar refractivity (Wildman–Crippen MR) is 102 cm³/mol. The van der Waals surface area contributed by atoms with Crippen molar-refractivity contribution in [2.24, 2.45) is 0 Å². The number of nitrogens with zero attached hydrogens (tertiary/aromatic N) is 3. The van der Waals surface area contributed by atoms with Crippen LogP contribution >= 0.6 is 0 Å². The standard InChI is InChI=1S/C20H17N5O/c1-13-19(24-20(26)14-6-3-2-4-7-14)25-12-17(22-11-18(25)23-13)15-8-5-9-16(21)10-15/h2-12H,21H2,1H3,(H,24,26). The first kappa shape index (κ1) is 15.8. The molecule has 0 spiro atoms. The van der Waals surface area contributed by atoms with Gasteiger partial charge in [-0.25, -0.2) is 4.98 Å². The van der Waals surface area contributed by atoms with Crippen molar-refractivity contribution in [1.29, 1.82) is 0 Å². The van der Waals surface area contributed by atoms with Crippen LogP contribution in [0.15, 0.2) is 67.0 Å². The smallest absolute Gasteiger partial charge is 0.256 e. The molecule has 0 radical (unpaired) electrons. The number of aryl methyl sites for hydroxylation is 1. The summed E-state index contributed by atoms with van der Waals surface area (Å²) in [6, 6.07) is 16.6. The number of imidazole rings is 1. The van der Waals surface area contributed by atoms with Gasteiger partial charge in [0.15, 0.2) is 5.65 Å². The van der Waals surface area contributed by atoms with E-state index in [-0.39, 0.29) is 5.91 Å². The van der Waals surface area contributed by atoms with Gasteiger partial charge in [-0.3, -0.25) is 14.2 Å². The number of anilines is 2. The number of carbonyl (C=O) groups is 1. The molecule has 0 aliphatic carbocycles. The maximum Gasteiger partial charge on any atom is 0.256 e. The maximum atomic E-state index is 12.5. The molecule has 1 amide bonds. The van der Waals surface area contributed by atoms with Gasteiger partial charge >= 0.3 is 0 Å². The highest BCUT2D eigenvalue weighted by atomic mass is 16.1. The summed E-state index contributed by atoms with van der Waals surface area (Å²) in [5, 5.41) is 2.95. The van der Waals surface area contributed by atoms with E-state index in [1.807, 2.05) is 60.0 Å². The van der Waals surface area contributed by atoms with Crippen molar-refractivity contribution in [3.8, 4) is 11.3 Å². The van der Waals surface area contributed by atoms with Crippen LogP contribution in [0.5, 0.6) is 0 Å². The van der Waals surface area contributed by atoms with E-state index in [2.05, 4.69) is 15.3 Å².